The van der Waals surface area contributed by atoms with Crippen LogP contribution in [0.5, 0.6) is 0 Å². The highest BCUT2D eigenvalue weighted by Crippen LogP contribution is 2.06. The molecule has 9 rings (SSSR count). The van der Waals surface area contributed by atoms with Gasteiger partial charge in [-0.2, -0.15) is 0 Å². The lowest BCUT2D eigenvalue weighted by Crippen LogP contribution is -2.34. The van der Waals surface area contributed by atoms with Crippen molar-refractivity contribution in [3.8, 4) is 0 Å². The van der Waals surface area contributed by atoms with Crippen molar-refractivity contribution in [1.82, 2.24) is 52.3 Å². The number of hydrogen-bond acceptors (Lipinski definition) is 11. The molecule has 0 saturated carbocycles. The van der Waals surface area contributed by atoms with Gasteiger partial charge in [-0.05, 0) is 42.8 Å². The molecule has 9 heterocycles. The Kier molecular flexibility index (Phi) is 29.3. The number of aliphatic hydroxyl groups excluding tert-OH is 6. The lowest BCUT2D eigenvalue weighted by atomic mass is 10.3. The van der Waals surface area contributed by atoms with Gasteiger partial charge in [0.1, 0.15) is 88.8 Å². The smallest absolute Gasteiger partial charge is 0.244 e. The van der Waals surface area contributed by atoms with Crippen LogP contribution in [0.3, 0.4) is 0 Å². The van der Waals surface area contributed by atoms with Gasteiger partial charge in [0.25, 0.3) is 0 Å². The number of nitrogens with zero attached hydrogens (tertiary/aromatic N) is 15. The van der Waals surface area contributed by atoms with Crippen molar-refractivity contribution in [2.45, 2.75) is 84.7 Å². The van der Waals surface area contributed by atoms with Crippen LogP contribution in [-0.2, 0) is 65.4 Å². The third-order valence-electron chi connectivity index (χ3n) is 11.0. The van der Waals surface area contributed by atoms with Crippen molar-refractivity contribution in [3.05, 3.63) is 201 Å². The second-order valence-electron chi connectivity index (χ2n) is 17.4. The van der Waals surface area contributed by atoms with Crippen molar-refractivity contribution >= 4 is 38.5 Å². The molecule has 0 fully saturated rings. The molecule has 6 N–H and O–H groups in total. The quantitative estimate of drug-likeness (QED) is 0.0276. The van der Waals surface area contributed by atoms with Crippen LogP contribution >= 0.6 is 38.5 Å². The fourth-order valence-corrected chi connectivity index (χ4v) is 7.71. The number of alkyl halides is 2. The summed E-state index contributed by atoms with van der Waals surface area (Å²) in [6.45, 7) is 8.47. The van der Waals surface area contributed by atoms with Crippen molar-refractivity contribution in [2.75, 3.05) is 49.4 Å². The van der Waals surface area contributed by atoms with E-state index in [2.05, 4.69) is 71.7 Å². The van der Waals surface area contributed by atoms with E-state index in [-0.39, 0.29) is 26.4 Å². The van der Waals surface area contributed by atoms with Gasteiger partial charge in [-0.1, -0.05) is 56.7 Å². The number of imidazole rings is 6. The molecule has 0 saturated heterocycles. The normalized spacial score (nSPS) is 10.6. The summed E-state index contributed by atoms with van der Waals surface area (Å²) in [5.41, 5.74) is 6.10. The molecular formula is C54H75BrIN15O6+4. The molecule has 412 valence electrons. The number of halogens is 2. The highest BCUT2D eigenvalue weighted by atomic mass is 127. The van der Waals surface area contributed by atoms with Crippen LogP contribution in [0.2, 0.25) is 0 Å². The van der Waals surface area contributed by atoms with Gasteiger partial charge in [0.05, 0.1) is 92.8 Å². The average Bonchev–Trinajstić information content (AvgIpc) is 4.33. The Balaban J connectivity index is 0.000000199. The molecule has 0 radical (unpaired) electrons. The van der Waals surface area contributed by atoms with E-state index >= 15 is 0 Å². The molecule has 0 atom stereocenters. The van der Waals surface area contributed by atoms with Gasteiger partial charge in [-0.15, -0.1) is 0 Å². The first-order valence-electron chi connectivity index (χ1n) is 25.5. The Bertz CT molecular complexity index is 2730. The highest BCUT2D eigenvalue weighted by Gasteiger charge is 2.11. The first kappa shape index (κ1) is 61.5. The maximum atomic E-state index is 8.97. The minimum absolute atomic E-state index is 0.134. The van der Waals surface area contributed by atoms with E-state index in [0.717, 1.165) is 102 Å². The van der Waals surface area contributed by atoms with Crippen molar-refractivity contribution in [3.63, 3.8) is 0 Å². The summed E-state index contributed by atoms with van der Waals surface area (Å²) in [5.74, 6) is 0. The van der Waals surface area contributed by atoms with E-state index in [4.69, 9.17) is 40.6 Å². The summed E-state index contributed by atoms with van der Waals surface area (Å²) < 4.78 is 21.2. The van der Waals surface area contributed by atoms with Crippen LogP contribution in [0.15, 0.2) is 167 Å². The van der Waals surface area contributed by atoms with Gasteiger partial charge in [-0.3, -0.25) is 4.98 Å². The molecule has 0 bridgehead atoms. The average molecular weight is 1240 g/mol. The highest BCUT2D eigenvalue weighted by molar-refractivity contribution is 14.1. The largest absolute Gasteiger partial charge is 0.396 e. The Morgan fingerprint density at radius 2 is 0.727 bits per heavy atom. The summed E-state index contributed by atoms with van der Waals surface area (Å²) in [7, 11) is 0. The van der Waals surface area contributed by atoms with E-state index in [1.807, 2.05) is 169 Å². The standard InChI is InChI=1S/C19H27N5O2.C17H23N5O2.C13H13N5.C3H7BrO.C2H5IO/c25-12-2-6-21-8-10-23(16-21)14-18-4-1-5-19(20-18)15-24-11-9-22(17-24)7-3-13-26;23-10-8-19-4-6-21(14-19)12-16-2-1-3-17(18-16)13-22-7-5-20(15-22)9-11-24;1-2-12(8-17-6-4-14-10-17)16-13(3-1)9-18-7-5-15-11-18;4-2-1-3-5;3-1-2-4/h1,4-5,8-11,16-17,25-26H,2-3,6-7,12-15H2;1-7,14-15,23-24H,8-13H2;1-7,10-11H,8-9H2;5H,1-3H2;4H,1-2H2/q2*+2;;;. The SMILES string of the molecule is OCCCBr.OCCCn1cc[n+](Cc2cccc(C[n+]3ccn(CCCO)c3)n2)c1.OCCI.OCCn1cc[n+](Cc2cccc(C[n+]3ccn(CCO)c3)n2)c1.c1cc(Cn2ccnc2)nc(Cn2ccnc2)c1. The van der Waals surface area contributed by atoms with Gasteiger partial charge in [0.2, 0.25) is 25.3 Å². The second kappa shape index (κ2) is 36.7. The van der Waals surface area contributed by atoms with Gasteiger partial charge >= 0.3 is 0 Å². The zero-order valence-corrected chi connectivity index (χ0v) is 47.3. The molecule has 0 unspecified atom stereocenters. The molecule has 77 heavy (non-hydrogen) atoms. The van der Waals surface area contributed by atoms with Crippen molar-refractivity contribution < 1.29 is 48.9 Å². The number of pyridine rings is 3. The molecule has 9 aromatic heterocycles. The van der Waals surface area contributed by atoms with Gasteiger partial charge in [0.15, 0.2) is 0 Å². The van der Waals surface area contributed by atoms with Crippen LogP contribution in [0, 0.1) is 0 Å². The Morgan fingerprint density at radius 3 is 1.00 bits per heavy atom. The third kappa shape index (κ3) is 24.3. The Hall–Kier alpha value is -6.32. The molecule has 0 amide bonds. The van der Waals surface area contributed by atoms with E-state index < -0.39 is 0 Å². The zero-order valence-electron chi connectivity index (χ0n) is 43.6. The lowest BCUT2D eigenvalue weighted by molar-refractivity contribution is -0.690. The first-order valence-corrected chi connectivity index (χ1v) is 28.1. The van der Waals surface area contributed by atoms with E-state index in [0.29, 0.717) is 39.4 Å². The van der Waals surface area contributed by atoms with Crippen LogP contribution in [0.4, 0.5) is 0 Å². The maximum Gasteiger partial charge on any atom is 0.244 e. The molecule has 21 nitrogen and oxygen atoms in total. The summed E-state index contributed by atoms with van der Waals surface area (Å²) in [6, 6.07) is 18.3. The van der Waals surface area contributed by atoms with E-state index in [1.165, 1.54) is 0 Å². The van der Waals surface area contributed by atoms with Gasteiger partial charge in [0, 0.05) is 67.2 Å². The summed E-state index contributed by atoms with van der Waals surface area (Å²) in [6.07, 6.45) is 37.4. The monoisotopic (exact) mass is 1240 g/mol. The van der Waals surface area contributed by atoms with Gasteiger partial charge in [-0.25, -0.2) is 56.5 Å². The molecule has 0 aromatic carbocycles. The number of aryl methyl sites for hydroxylation is 2. The molecule has 0 aliphatic heterocycles. The van der Waals surface area contributed by atoms with Crippen LogP contribution in [0.25, 0.3) is 0 Å². The summed E-state index contributed by atoms with van der Waals surface area (Å²) in [4.78, 5) is 22.2. The third-order valence-corrected chi connectivity index (χ3v) is 12.0. The Morgan fingerprint density at radius 1 is 0.403 bits per heavy atom. The molecular weight excluding hydrogens is 1160 g/mol. The summed E-state index contributed by atoms with van der Waals surface area (Å²) >= 11 is 5.25. The number of aromatic nitrogens is 15. The van der Waals surface area contributed by atoms with Crippen molar-refractivity contribution in [2.24, 2.45) is 0 Å². The van der Waals surface area contributed by atoms with E-state index in [1.54, 1.807) is 25.0 Å². The zero-order chi connectivity index (χ0) is 54.7. The Labute approximate surface area is 472 Å². The number of rotatable bonds is 25. The molecule has 0 aliphatic carbocycles. The first-order chi connectivity index (χ1) is 37.8. The fraction of sp³-hybridized carbons (Fsp3) is 0.389. The topological polar surface area (TPSA) is 231 Å². The second-order valence-corrected chi connectivity index (χ2v) is 19.3. The minimum Gasteiger partial charge on any atom is -0.396 e. The van der Waals surface area contributed by atoms with Crippen LogP contribution < -0.4 is 18.3 Å². The summed E-state index contributed by atoms with van der Waals surface area (Å²) in [5, 5.41) is 52.6. The molecule has 0 spiro atoms. The van der Waals surface area contributed by atoms with Crippen molar-refractivity contribution in [1.29, 1.82) is 0 Å². The number of hydrogen-bond donors (Lipinski definition) is 6. The lowest BCUT2D eigenvalue weighted by Gasteiger charge is -2.05. The maximum absolute atomic E-state index is 8.97. The predicted molar refractivity (Wildman–Crippen MR) is 299 cm³/mol. The van der Waals surface area contributed by atoms with Crippen LogP contribution in [0.1, 0.15) is 53.4 Å². The molecule has 23 heteroatoms. The molecule has 9 aromatic rings. The predicted octanol–water partition coefficient (Wildman–Crippen LogP) is 2.21. The van der Waals surface area contributed by atoms with Gasteiger partial charge < -0.3 is 39.8 Å². The van der Waals surface area contributed by atoms with E-state index in [9.17, 15) is 0 Å². The number of aliphatic hydroxyl groups is 6. The minimum atomic E-state index is 0.134. The fourth-order valence-electron chi connectivity index (χ4n) is 7.45. The molecule has 0 aliphatic rings. The van der Waals surface area contributed by atoms with Crippen LogP contribution in [-0.4, -0.2) is 132 Å².